The first-order chi connectivity index (χ1) is 15.4. The number of nitrogens with zero attached hydrogens (tertiary/aromatic N) is 2. The summed E-state index contributed by atoms with van der Waals surface area (Å²) in [6, 6.07) is 13.4. The number of ether oxygens (including phenoxy) is 3. The van der Waals surface area contributed by atoms with E-state index in [1.165, 1.54) is 6.92 Å². The molecule has 0 fully saturated rings. The Hall–Kier alpha value is -4.25. The molecular formula is C24H20N2O6. The quantitative estimate of drug-likeness (QED) is 0.596. The Labute approximate surface area is 183 Å². The van der Waals surface area contributed by atoms with Crippen LogP contribution in [0.2, 0.25) is 0 Å². The van der Waals surface area contributed by atoms with Gasteiger partial charge in [0.15, 0.2) is 17.3 Å². The summed E-state index contributed by atoms with van der Waals surface area (Å²) in [7, 11) is 0. The number of nitriles is 1. The van der Waals surface area contributed by atoms with Crippen LogP contribution in [0.5, 0.6) is 23.1 Å². The van der Waals surface area contributed by atoms with Gasteiger partial charge < -0.3 is 19.3 Å². The number of hydrogen-bond acceptors (Lipinski definition) is 7. The summed E-state index contributed by atoms with van der Waals surface area (Å²) in [5.41, 5.74) is 0.103. The van der Waals surface area contributed by atoms with Gasteiger partial charge in [0.05, 0.1) is 18.7 Å². The Morgan fingerprint density at radius 2 is 1.91 bits per heavy atom. The van der Waals surface area contributed by atoms with Crippen molar-refractivity contribution in [3.8, 4) is 29.2 Å². The molecular weight excluding hydrogens is 412 g/mol. The van der Waals surface area contributed by atoms with Gasteiger partial charge in [-0.2, -0.15) is 5.26 Å². The fourth-order valence-electron chi connectivity index (χ4n) is 3.60. The van der Waals surface area contributed by atoms with Crippen molar-refractivity contribution in [3.05, 3.63) is 80.6 Å². The SMILES string of the molecule is CCOc1ccc(C(=O)c2c(C)c(C#N)c(=O)n(Cc3ccc4c(c3)OCO4)c2O)cc1. The smallest absolute Gasteiger partial charge is 0.271 e. The average Bonchev–Trinajstić information content (AvgIpc) is 3.25. The molecule has 8 heteroatoms. The number of ketones is 1. The van der Waals surface area contributed by atoms with E-state index in [4.69, 9.17) is 14.2 Å². The Bertz CT molecular complexity index is 1300. The zero-order chi connectivity index (χ0) is 22.8. The molecule has 2 heterocycles. The summed E-state index contributed by atoms with van der Waals surface area (Å²) in [5, 5.41) is 20.5. The number of hydrogen-bond donors (Lipinski definition) is 1. The van der Waals surface area contributed by atoms with Crippen LogP contribution >= 0.6 is 0 Å². The summed E-state index contributed by atoms with van der Waals surface area (Å²) >= 11 is 0. The van der Waals surface area contributed by atoms with E-state index in [9.17, 15) is 20.0 Å². The van der Waals surface area contributed by atoms with E-state index < -0.39 is 17.2 Å². The van der Waals surface area contributed by atoms with Gasteiger partial charge in [0.1, 0.15) is 17.4 Å². The molecule has 1 aliphatic rings. The van der Waals surface area contributed by atoms with Crippen molar-refractivity contribution in [1.29, 1.82) is 5.26 Å². The van der Waals surface area contributed by atoms with Crippen molar-refractivity contribution < 1.29 is 24.1 Å². The highest BCUT2D eigenvalue weighted by Gasteiger charge is 2.25. The molecule has 1 aliphatic heterocycles. The first-order valence-corrected chi connectivity index (χ1v) is 9.97. The lowest BCUT2D eigenvalue weighted by molar-refractivity contribution is 0.103. The van der Waals surface area contributed by atoms with E-state index in [0.717, 1.165) is 4.57 Å². The second-order valence-electron chi connectivity index (χ2n) is 7.18. The molecule has 0 amide bonds. The summed E-state index contributed by atoms with van der Waals surface area (Å²) in [5.74, 6) is 0.712. The molecule has 2 aromatic carbocycles. The third-order valence-electron chi connectivity index (χ3n) is 5.23. The molecule has 0 unspecified atom stereocenters. The van der Waals surface area contributed by atoms with Gasteiger partial charge in [-0.15, -0.1) is 0 Å². The van der Waals surface area contributed by atoms with Crippen LogP contribution in [-0.2, 0) is 6.54 Å². The minimum atomic E-state index is -0.677. The van der Waals surface area contributed by atoms with Crippen molar-refractivity contribution in [1.82, 2.24) is 4.57 Å². The molecule has 0 aliphatic carbocycles. The van der Waals surface area contributed by atoms with Crippen molar-refractivity contribution in [3.63, 3.8) is 0 Å². The molecule has 1 N–H and O–H groups in total. The molecule has 0 saturated carbocycles. The number of rotatable bonds is 6. The van der Waals surface area contributed by atoms with Gasteiger partial charge in [0.25, 0.3) is 5.56 Å². The fourth-order valence-corrected chi connectivity index (χ4v) is 3.60. The zero-order valence-electron chi connectivity index (χ0n) is 17.5. The second-order valence-corrected chi connectivity index (χ2v) is 7.18. The van der Waals surface area contributed by atoms with Gasteiger partial charge in [0.2, 0.25) is 12.7 Å². The molecule has 0 spiro atoms. The van der Waals surface area contributed by atoms with Gasteiger partial charge in [-0.3, -0.25) is 14.2 Å². The number of fused-ring (bicyclic) bond motifs is 1. The lowest BCUT2D eigenvalue weighted by Crippen LogP contribution is -2.27. The third-order valence-corrected chi connectivity index (χ3v) is 5.23. The maximum Gasteiger partial charge on any atom is 0.271 e. The summed E-state index contributed by atoms with van der Waals surface area (Å²) < 4.78 is 17.1. The maximum absolute atomic E-state index is 13.2. The minimum absolute atomic E-state index is 0.0557. The highest BCUT2D eigenvalue weighted by molar-refractivity contribution is 6.11. The molecule has 0 atom stereocenters. The van der Waals surface area contributed by atoms with E-state index in [1.807, 2.05) is 13.0 Å². The first kappa shape index (κ1) is 21.0. The van der Waals surface area contributed by atoms with E-state index in [0.29, 0.717) is 35.0 Å². The van der Waals surface area contributed by atoms with Crippen LogP contribution in [0, 0.1) is 18.3 Å². The Morgan fingerprint density at radius 1 is 1.19 bits per heavy atom. The van der Waals surface area contributed by atoms with Crippen LogP contribution in [0.3, 0.4) is 0 Å². The average molecular weight is 432 g/mol. The molecule has 0 bridgehead atoms. The Morgan fingerprint density at radius 3 is 2.59 bits per heavy atom. The van der Waals surface area contributed by atoms with Crippen LogP contribution in [0.15, 0.2) is 47.3 Å². The predicted octanol–water partition coefficient (Wildman–Crippen LogP) is 3.14. The topological polar surface area (TPSA) is 111 Å². The summed E-state index contributed by atoms with van der Waals surface area (Å²) in [6.07, 6.45) is 0. The molecule has 8 nitrogen and oxygen atoms in total. The van der Waals surface area contributed by atoms with Gasteiger partial charge in [0, 0.05) is 5.56 Å². The molecule has 0 saturated heterocycles. The van der Waals surface area contributed by atoms with Gasteiger partial charge in [-0.05, 0) is 61.4 Å². The number of aromatic nitrogens is 1. The van der Waals surface area contributed by atoms with E-state index in [-0.39, 0.29) is 30.0 Å². The van der Waals surface area contributed by atoms with Crippen molar-refractivity contribution in [2.45, 2.75) is 20.4 Å². The first-order valence-electron chi connectivity index (χ1n) is 9.97. The van der Waals surface area contributed by atoms with Crippen LogP contribution < -0.4 is 19.8 Å². The third kappa shape index (κ3) is 3.65. The summed E-state index contributed by atoms with van der Waals surface area (Å²) in [6.45, 7) is 3.87. The monoisotopic (exact) mass is 432 g/mol. The number of carbonyl (C=O) groups is 1. The number of pyridine rings is 1. The van der Waals surface area contributed by atoms with E-state index in [2.05, 4.69) is 0 Å². The standard InChI is InChI=1S/C24H20N2O6/c1-3-30-17-7-5-16(6-8-17)22(27)21-14(2)18(11-25)23(28)26(24(21)29)12-15-4-9-19-20(10-15)32-13-31-19/h4-10,29H,3,12-13H2,1-2H3. The molecule has 162 valence electrons. The predicted molar refractivity (Wildman–Crippen MR) is 115 cm³/mol. The lowest BCUT2D eigenvalue weighted by Gasteiger charge is -2.16. The highest BCUT2D eigenvalue weighted by atomic mass is 16.7. The highest BCUT2D eigenvalue weighted by Crippen LogP contribution is 2.33. The van der Waals surface area contributed by atoms with Crippen LogP contribution in [0.4, 0.5) is 0 Å². The van der Waals surface area contributed by atoms with Gasteiger partial charge in [-0.25, -0.2) is 0 Å². The maximum atomic E-state index is 13.2. The van der Waals surface area contributed by atoms with Crippen LogP contribution in [0.25, 0.3) is 0 Å². The number of aromatic hydroxyl groups is 1. The van der Waals surface area contributed by atoms with E-state index >= 15 is 0 Å². The molecule has 3 aromatic rings. The number of carbonyl (C=O) groups excluding carboxylic acids is 1. The van der Waals surface area contributed by atoms with Crippen molar-refractivity contribution in [2.75, 3.05) is 13.4 Å². The molecule has 1 aromatic heterocycles. The molecule has 4 rings (SSSR count). The Kier molecular flexibility index (Phi) is 5.56. The molecule has 0 radical (unpaired) electrons. The van der Waals surface area contributed by atoms with Crippen molar-refractivity contribution >= 4 is 5.78 Å². The lowest BCUT2D eigenvalue weighted by atomic mass is 9.97. The fraction of sp³-hybridized carbons (Fsp3) is 0.208. The van der Waals surface area contributed by atoms with Crippen LogP contribution in [-0.4, -0.2) is 28.9 Å². The minimum Gasteiger partial charge on any atom is -0.494 e. The Balaban J connectivity index is 1.78. The van der Waals surface area contributed by atoms with Gasteiger partial charge >= 0.3 is 0 Å². The number of benzene rings is 2. The van der Waals surface area contributed by atoms with E-state index in [1.54, 1.807) is 42.5 Å². The van der Waals surface area contributed by atoms with Crippen LogP contribution in [0.1, 0.15) is 39.5 Å². The van der Waals surface area contributed by atoms with Crippen molar-refractivity contribution in [2.24, 2.45) is 0 Å². The second kappa shape index (κ2) is 8.47. The zero-order valence-corrected chi connectivity index (χ0v) is 17.5. The largest absolute Gasteiger partial charge is 0.494 e. The normalized spacial score (nSPS) is 11.8. The van der Waals surface area contributed by atoms with Gasteiger partial charge in [-0.1, -0.05) is 6.07 Å². The molecule has 32 heavy (non-hydrogen) atoms. The summed E-state index contributed by atoms with van der Waals surface area (Å²) in [4.78, 5) is 26.1.